The first kappa shape index (κ1) is 12.6. The van der Waals surface area contributed by atoms with Crippen LogP contribution in [-0.2, 0) is 0 Å². The Balaban J connectivity index is 1.80. The number of hydrogen-bond acceptors (Lipinski definition) is 4. The van der Waals surface area contributed by atoms with Crippen LogP contribution in [0, 0.1) is 5.92 Å². The van der Waals surface area contributed by atoms with E-state index in [9.17, 15) is 0 Å². The van der Waals surface area contributed by atoms with Crippen LogP contribution in [0.5, 0.6) is 11.5 Å². The lowest BCUT2D eigenvalue weighted by Gasteiger charge is -2.36. The van der Waals surface area contributed by atoms with Crippen LogP contribution in [0.25, 0.3) is 0 Å². The summed E-state index contributed by atoms with van der Waals surface area (Å²) >= 11 is 0. The Bertz CT molecular complexity index is 450. The van der Waals surface area contributed by atoms with Gasteiger partial charge in [0.05, 0.1) is 13.2 Å². The summed E-state index contributed by atoms with van der Waals surface area (Å²) in [4.78, 5) is 2.39. The number of rotatable bonds is 1. The van der Waals surface area contributed by atoms with Crippen molar-refractivity contribution in [3.05, 3.63) is 18.2 Å². The fraction of sp³-hybridized carbons (Fsp3) is 0.600. The Kier molecular flexibility index (Phi) is 3.51. The van der Waals surface area contributed by atoms with E-state index in [4.69, 9.17) is 15.2 Å². The summed E-state index contributed by atoms with van der Waals surface area (Å²) in [5.74, 6) is 2.27. The molecular formula is C15H22N2O2. The summed E-state index contributed by atoms with van der Waals surface area (Å²) in [7, 11) is 0. The molecule has 2 aliphatic heterocycles. The van der Waals surface area contributed by atoms with Gasteiger partial charge in [-0.15, -0.1) is 0 Å². The molecule has 104 valence electrons. The number of ether oxygens (including phenoxy) is 2. The molecule has 4 nitrogen and oxygen atoms in total. The van der Waals surface area contributed by atoms with E-state index < -0.39 is 0 Å². The molecule has 0 radical (unpaired) electrons. The molecule has 2 aliphatic rings. The molecule has 0 aliphatic carbocycles. The second-order valence-electron chi connectivity index (χ2n) is 5.56. The van der Waals surface area contributed by atoms with Gasteiger partial charge in [0.15, 0.2) is 11.5 Å². The van der Waals surface area contributed by atoms with E-state index >= 15 is 0 Å². The number of benzene rings is 1. The number of piperidine rings is 1. The molecule has 1 saturated heterocycles. The SMILES string of the molecule is CC1CN(c2ccc3c(c2)OCCCO3)CCC1N. The average Bonchev–Trinajstić information content (AvgIpc) is 2.66. The topological polar surface area (TPSA) is 47.7 Å². The van der Waals surface area contributed by atoms with Gasteiger partial charge in [-0.25, -0.2) is 0 Å². The fourth-order valence-corrected chi connectivity index (χ4v) is 2.75. The van der Waals surface area contributed by atoms with Gasteiger partial charge in [-0.05, 0) is 24.5 Å². The molecule has 1 aromatic carbocycles. The highest BCUT2D eigenvalue weighted by Crippen LogP contribution is 2.34. The van der Waals surface area contributed by atoms with E-state index in [0.29, 0.717) is 12.0 Å². The monoisotopic (exact) mass is 262 g/mol. The van der Waals surface area contributed by atoms with Crippen LogP contribution < -0.4 is 20.1 Å². The summed E-state index contributed by atoms with van der Waals surface area (Å²) in [6.07, 6.45) is 2.00. The number of fused-ring (bicyclic) bond motifs is 1. The number of anilines is 1. The molecule has 2 heterocycles. The van der Waals surface area contributed by atoms with Gasteiger partial charge in [-0.1, -0.05) is 6.92 Å². The van der Waals surface area contributed by atoms with E-state index in [0.717, 1.165) is 50.6 Å². The minimum Gasteiger partial charge on any atom is -0.490 e. The highest BCUT2D eigenvalue weighted by Gasteiger charge is 2.24. The molecule has 0 saturated carbocycles. The Hall–Kier alpha value is -1.42. The third kappa shape index (κ3) is 2.63. The first-order valence-corrected chi connectivity index (χ1v) is 7.14. The molecule has 3 rings (SSSR count). The molecule has 1 fully saturated rings. The number of nitrogens with zero attached hydrogens (tertiary/aromatic N) is 1. The molecule has 2 N–H and O–H groups in total. The molecule has 0 amide bonds. The lowest BCUT2D eigenvalue weighted by molar-refractivity contribution is 0.297. The standard InChI is InChI=1S/C15H22N2O2/c1-11-10-17(6-5-13(11)16)12-3-4-14-15(9-12)19-8-2-7-18-14/h3-4,9,11,13H,2,5-8,10,16H2,1H3. The van der Waals surface area contributed by atoms with E-state index in [-0.39, 0.29) is 0 Å². The van der Waals surface area contributed by atoms with E-state index in [1.54, 1.807) is 0 Å². The highest BCUT2D eigenvalue weighted by molar-refractivity contribution is 5.57. The maximum atomic E-state index is 6.08. The van der Waals surface area contributed by atoms with Crippen molar-refractivity contribution in [3.8, 4) is 11.5 Å². The van der Waals surface area contributed by atoms with Crippen LogP contribution >= 0.6 is 0 Å². The van der Waals surface area contributed by atoms with Gasteiger partial charge in [0, 0.05) is 37.3 Å². The predicted octanol–water partition coefficient (Wildman–Crippen LogP) is 2.02. The van der Waals surface area contributed by atoms with Crippen molar-refractivity contribution in [2.45, 2.75) is 25.8 Å². The third-order valence-electron chi connectivity index (χ3n) is 4.07. The molecule has 2 atom stereocenters. The highest BCUT2D eigenvalue weighted by atomic mass is 16.5. The van der Waals surface area contributed by atoms with Crippen molar-refractivity contribution in [3.63, 3.8) is 0 Å². The van der Waals surface area contributed by atoms with Gasteiger partial charge in [0.2, 0.25) is 0 Å². The molecule has 0 bridgehead atoms. The molecule has 0 spiro atoms. The Morgan fingerprint density at radius 1 is 1.21 bits per heavy atom. The smallest absolute Gasteiger partial charge is 0.163 e. The van der Waals surface area contributed by atoms with Crippen molar-refractivity contribution in [1.29, 1.82) is 0 Å². The van der Waals surface area contributed by atoms with Crippen LogP contribution in [-0.4, -0.2) is 32.3 Å². The average molecular weight is 262 g/mol. The van der Waals surface area contributed by atoms with Crippen LogP contribution in [0.15, 0.2) is 18.2 Å². The van der Waals surface area contributed by atoms with Crippen molar-refractivity contribution in [2.24, 2.45) is 11.7 Å². The molecule has 0 aromatic heterocycles. The Morgan fingerprint density at radius 2 is 2.00 bits per heavy atom. The van der Waals surface area contributed by atoms with Gasteiger partial charge in [-0.3, -0.25) is 0 Å². The second-order valence-corrected chi connectivity index (χ2v) is 5.56. The van der Waals surface area contributed by atoms with Gasteiger partial charge >= 0.3 is 0 Å². The predicted molar refractivity (Wildman–Crippen MR) is 76.0 cm³/mol. The van der Waals surface area contributed by atoms with Crippen molar-refractivity contribution in [1.82, 2.24) is 0 Å². The second kappa shape index (κ2) is 5.29. The van der Waals surface area contributed by atoms with Gasteiger partial charge in [-0.2, -0.15) is 0 Å². The summed E-state index contributed by atoms with van der Waals surface area (Å²) in [6.45, 7) is 5.73. The van der Waals surface area contributed by atoms with Crippen LogP contribution in [0.3, 0.4) is 0 Å². The van der Waals surface area contributed by atoms with E-state index in [1.807, 2.05) is 6.07 Å². The van der Waals surface area contributed by atoms with Gasteiger partial charge < -0.3 is 20.1 Å². The van der Waals surface area contributed by atoms with E-state index in [2.05, 4.69) is 24.0 Å². The lowest BCUT2D eigenvalue weighted by atomic mass is 9.94. The first-order chi connectivity index (χ1) is 9.24. The Morgan fingerprint density at radius 3 is 2.79 bits per heavy atom. The maximum Gasteiger partial charge on any atom is 0.163 e. The fourth-order valence-electron chi connectivity index (χ4n) is 2.75. The third-order valence-corrected chi connectivity index (χ3v) is 4.07. The quantitative estimate of drug-likeness (QED) is 0.841. The molecule has 4 heteroatoms. The largest absolute Gasteiger partial charge is 0.490 e. The zero-order chi connectivity index (χ0) is 13.2. The molecule has 2 unspecified atom stereocenters. The van der Waals surface area contributed by atoms with E-state index in [1.165, 1.54) is 5.69 Å². The minimum atomic E-state index is 0.330. The summed E-state index contributed by atoms with van der Waals surface area (Å²) in [5.41, 5.74) is 7.29. The van der Waals surface area contributed by atoms with Crippen molar-refractivity contribution < 1.29 is 9.47 Å². The molecule has 1 aromatic rings. The zero-order valence-electron chi connectivity index (χ0n) is 11.5. The number of nitrogens with two attached hydrogens (primary N) is 1. The van der Waals surface area contributed by atoms with Crippen molar-refractivity contribution >= 4 is 5.69 Å². The van der Waals surface area contributed by atoms with Gasteiger partial charge in [0.1, 0.15) is 0 Å². The van der Waals surface area contributed by atoms with Crippen LogP contribution in [0.4, 0.5) is 5.69 Å². The van der Waals surface area contributed by atoms with Crippen LogP contribution in [0.2, 0.25) is 0 Å². The molecular weight excluding hydrogens is 240 g/mol. The summed E-state index contributed by atoms with van der Waals surface area (Å²) < 4.78 is 11.4. The van der Waals surface area contributed by atoms with Crippen molar-refractivity contribution in [2.75, 3.05) is 31.2 Å². The summed E-state index contributed by atoms with van der Waals surface area (Å²) in [6, 6.07) is 6.58. The summed E-state index contributed by atoms with van der Waals surface area (Å²) in [5, 5.41) is 0. The van der Waals surface area contributed by atoms with Gasteiger partial charge in [0.25, 0.3) is 0 Å². The zero-order valence-corrected chi connectivity index (χ0v) is 11.5. The lowest BCUT2D eigenvalue weighted by Crippen LogP contribution is -2.45. The normalized spacial score (nSPS) is 26.9. The Labute approximate surface area is 114 Å². The maximum absolute atomic E-state index is 6.08. The van der Waals surface area contributed by atoms with Crippen LogP contribution in [0.1, 0.15) is 19.8 Å². The minimum absolute atomic E-state index is 0.330. The first-order valence-electron chi connectivity index (χ1n) is 7.14. The molecule has 19 heavy (non-hydrogen) atoms. The number of hydrogen-bond donors (Lipinski definition) is 1.